The Morgan fingerprint density at radius 3 is 2.62 bits per heavy atom. The summed E-state index contributed by atoms with van der Waals surface area (Å²) in [5.74, 6) is 0.720. The Morgan fingerprint density at radius 2 is 2.25 bits per heavy atom. The summed E-state index contributed by atoms with van der Waals surface area (Å²) in [4.78, 5) is 11.9. The van der Waals surface area contributed by atoms with Gasteiger partial charge in [-0.1, -0.05) is 0 Å². The minimum atomic E-state index is -0.174. The van der Waals surface area contributed by atoms with E-state index in [2.05, 4.69) is 5.32 Å². The first kappa shape index (κ1) is 11.9. The van der Waals surface area contributed by atoms with Crippen LogP contribution in [-0.4, -0.2) is 31.2 Å². The molecular weight excluding hydrogens is 204 g/mol. The van der Waals surface area contributed by atoms with E-state index in [1.54, 1.807) is 7.11 Å². The normalized spacial score (nSPS) is 24.6. The van der Waals surface area contributed by atoms with Crippen LogP contribution in [0.25, 0.3) is 0 Å². The average molecular weight is 226 g/mol. The summed E-state index contributed by atoms with van der Waals surface area (Å²) in [7, 11) is 1.70. The number of amides is 1. The molecule has 0 bridgehead atoms. The van der Waals surface area contributed by atoms with Gasteiger partial charge in [0.1, 0.15) is 0 Å². The fourth-order valence-corrected chi connectivity index (χ4v) is 2.44. The van der Waals surface area contributed by atoms with Gasteiger partial charge in [0.25, 0.3) is 0 Å². The van der Waals surface area contributed by atoms with Crippen LogP contribution >= 0.6 is 0 Å². The number of rotatable bonds is 6. The molecule has 4 nitrogen and oxygen atoms in total. The van der Waals surface area contributed by atoms with Gasteiger partial charge in [-0.05, 0) is 38.0 Å². The van der Waals surface area contributed by atoms with Gasteiger partial charge < -0.3 is 15.8 Å². The zero-order valence-corrected chi connectivity index (χ0v) is 10.00. The number of hydrogen-bond donors (Lipinski definition) is 2. The number of nitrogens with one attached hydrogen (secondary N) is 1. The molecule has 2 aliphatic rings. The molecule has 2 aliphatic carbocycles. The van der Waals surface area contributed by atoms with Gasteiger partial charge in [-0.15, -0.1) is 0 Å². The van der Waals surface area contributed by atoms with Gasteiger partial charge >= 0.3 is 0 Å². The van der Waals surface area contributed by atoms with Crippen molar-refractivity contribution in [1.82, 2.24) is 5.32 Å². The van der Waals surface area contributed by atoms with Crippen molar-refractivity contribution in [2.45, 2.75) is 50.2 Å². The van der Waals surface area contributed by atoms with E-state index in [9.17, 15) is 4.79 Å². The minimum Gasteiger partial charge on any atom is -0.378 e. The van der Waals surface area contributed by atoms with Gasteiger partial charge in [-0.25, -0.2) is 0 Å². The molecule has 0 aromatic carbocycles. The average Bonchev–Trinajstić information content (AvgIpc) is 3.03. The molecule has 1 atom stereocenters. The molecule has 0 saturated heterocycles. The molecular formula is C12H22N2O2. The Kier molecular flexibility index (Phi) is 3.50. The van der Waals surface area contributed by atoms with Crippen molar-refractivity contribution >= 4 is 5.91 Å². The molecule has 0 aromatic heterocycles. The van der Waals surface area contributed by atoms with E-state index < -0.39 is 0 Å². The molecule has 16 heavy (non-hydrogen) atoms. The third-order valence-electron chi connectivity index (χ3n) is 3.97. The van der Waals surface area contributed by atoms with Gasteiger partial charge in [0, 0.05) is 19.7 Å². The third kappa shape index (κ3) is 2.55. The second-order valence-electron chi connectivity index (χ2n) is 5.16. The number of carbonyl (C=O) groups is 1. The Balaban J connectivity index is 1.78. The largest absolute Gasteiger partial charge is 0.378 e. The van der Waals surface area contributed by atoms with Crippen LogP contribution in [0.3, 0.4) is 0 Å². The number of hydrogen-bond acceptors (Lipinski definition) is 3. The molecule has 1 amide bonds. The summed E-state index contributed by atoms with van der Waals surface area (Å²) < 4.78 is 5.44. The molecule has 4 heteroatoms. The van der Waals surface area contributed by atoms with Crippen LogP contribution in [0.5, 0.6) is 0 Å². The zero-order chi connectivity index (χ0) is 11.6. The summed E-state index contributed by atoms with van der Waals surface area (Å²) in [6.07, 6.45) is 6.09. The Hall–Kier alpha value is -0.610. The van der Waals surface area contributed by atoms with E-state index in [0.29, 0.717) is 18.9 Å². The first-order valence-corrected chi connectivity index (χ1v) is 6.24. The van der Waals surface area contributed by atoms with E-state index in [4.69, 9.17) is 10.5 Å². The van der Waals surface area contributed by atoms with Gasteiger partial charge in [0.2, 0.25) is 5.91 Å². The fraction of sp³-hybridized carbons (Fsp3) is 0.917. The monoisotopic (exact) mass is 226 g/mol. The smallest absolute Gasteiger partial charge is 0.223 e. The predicted molar refractivity (Wildman–Crippen MR) is 61.9 cm³/mol. The Labute approximate surface area is 96.9 Å². The third-order valence-corrected chi connectivity index (χ3v) is 3.97. The first-order chi connectivity index (χ1) is 7.69. The summed E-state index contributed by atoms with van der Waals surface area (Å²) in [6, 6.07) is 0.182. The number of nitrogens with two attached hydrogens (primary N) is 1. The Morgan fingerprint density at radius 1 is 1.56 bits per heavy atom. The lowest BCUT2D eigenvalue weighted by atomic mass is 9.77. The predicted octanol–water partition coefficient (Wildman–Crippen LogP) is 0.799. The maximum absolute atomic E-state index is 11.9. The van der Waals surface area contributed by atoms with Crippen molar-refractivity contribution in [2.75, 3.05) is 13.7 Å². The molecule has 92 valence electrons. The highest BCUT2D eigenvalue weighted by atomic mass is 16.5. The van der Waals surface area contributed by atoms with E-state index in [-0.39, 0.29) is 17.6 Å². The maximum Gasteiger partial charge on any atom is 0.223 e. The SMILES string of the molecule is COC1(CC(=O)NC(CN)C2CC2)CCC1. The Bertz CT molecular complexity index is 254. The lowest BCUT2D eigenvalue weighted by molar-refractivity contribution is -0.135. The molecule has 0 heterocycles. The summed E-state index contributed by atoms with van der Waals surface area (Å²) in [6.45, 7) is 0.552. The second kappa shape index (κ2) is 4.72. The lowest BCUT2D eigenvalue weighted by Gasteiger charge is -2.40. The van der Waals surface area contributed by atoms with Crippen molar-refractivity contribution in [3.63, 3.8) is 0 Å². The van der Waals surface area contributed by atoms with Crippen LogP contribution in [0.2, 0.25) is 0 Å². The minimum absolute atomic E-state index is 0.101. The van der Waals surface area contributed by atoms with Crippen LogP contribution in [0.15, 0.2) is 0 Å². The number of ether oxygens (including phenoxy) is 1. The molecule has 0 aromatic rings. The van der Waals surface area contributed by atoms with Crippen molar-refractivity contribution < 1.29 is 9.53 Å². The van der Waals surface area contributed by atoms with Crippen LogP contribution in [0.4, 0.5) is 0 Å². The molecule has 2 rings (SSSR count). The molecule has 0 radical (unpaired) electrons. The highest BCUT2D eigenvalue weighted by molar-refractivity contribution is 5.77. The zero-order valence-electron chi connectivity index (χ0n) is 10.00. The van der Waals surface area contributed by atoms with E-state index in [1.165, 1.54) is 19.3 Å². The van der Waals surface area contributed by atoms with Crippen LogP contribution in [0.1, 0.15) is 38.5 Å². The molecule has 1 unspecified atom stereocenters. The fourth-order valence-electron chi connectivity index (χ4n) is 2.44. The first-order valence-electron chi connectivity index (χ1n) is 6.24. The number of carbonyl (C=O) groups excluding carboxylic acids is 1. The quantitative estimate of drug-likeness (QED) is 0.704. The van der Waals surface area contributed by atoms with E-state index in [1.807, 2.05) is 0 Å². The van der Waals surface area contributed by atoms with E-state index >= 15 is 0 Å². The molecule has 3 N–H and O–H groups in total. The lowest BCUT2D eigenvalue weighted by Crippen LogP contribution is -2.48. The summed E-state index contributed by atoms with van der Waals surface area (Å²) in [5.41, 5.74) is 5.48. The van der Waals surface area contributed by atoms with Crippen molar-refractivity contribution in [1.29, 1.82) is 0 Å². The van der Waals surface area contributed by atoms with Gasteiger partial charge in [-0.3, -0.25) is 4.79 Å². The van der Waals surface area contributed by atoms with Crippen LogP contribution < -0.4 is 11.1 Å². The van der Waals surface area contributed by atoms with Crippen LogP contribution in [0, 0.1) is 5.92 Å². The second-order valence-corrected chi connectivity index (χ2v) is 5.16. The summed E-state index contributed by atoms with van der Waals surface area (Å²) in [5, 5.41) is 3.04. The maximum atomic E-state index is 11.9. The molecule has 2 fully saturated rings. The number of methoxy groups -OCH3 is 1. The summed E-state index contributed by atoms with van der Waals surface area (Å²) >= 11 is 0. The standard InChI is InChI=1S/C12H22N2O2/c1-16-12(5-2-6-12)7-11(15)14-10(8-13)9-3-4-9/h9-10H,2-8,13H2,1H3,(H,14,15). The molecule has 0 aliphatic heterocycles. The molecule has 2 saturated carbocycles. The van der Waals surface area contributed by atoms with Gasteiger partial charge in [0.05, 0.1) is 12.0 Å². The topological polar surface area (TPSA) is 64.3 Å². The van der Waals surface area contributed by atoms with Crippen molar-refractivity contribution in [3.8, 4) is 0 Å². The van der Waals surface area contributed by atoms with E-state index in [0.717, 1.165) is 12.8 Å². The molecule has 0 spiro atoms. The van der Waals surface area contributed by atoms with Gasteiger partial charge in [0.15, 0.2) is 0 Å². The van der Waals surface area contributed by atoms with Crippen molar-refractivity contribution in [3.05, 3.63) is 0 Å². The van der Waals surface area contributed by atoms with Gasteiger partial charge in [-0.2, -0.15) is 0 Å². The highest BCUT2D eigenvalue weighted by Crippen LogP contribution is 2.38. The van der Waals surface area contributed by atoms with Crippen molar-refractivity contribution in [2.24, 2.45) is 11.7 Å². The van der Waals surface area contributed by atoms with Crippen LogP contribution in [-0.2, 0) is 9.53 Å². The highest BCUT2D eigenvalue weighted by Gasteiger charge is 2.40.